The molecule has 2 fully saturated rings. The first kappa shape index (κ1) is 22.9. The Labute approximate surface area is 182 Å². The van der Waals surface area contributed by atoms with Gasteiger partial charge in [-0.25, -0.2) is 0 Å². The quantitative estimate of drug-likeness (QED) is 0.501. The predicted molar refractivity (Wildman–Crippen MR) is 123 cm³/mol. The second kappa shape index (κ2) is 11.0. The zero-order valence-electron chi connectivity index (χ0n) is 19.2. The summed E-state index contributed by atoms with van der Waals surface area (Å²) in [6.07, 6.45) is 4.79. The van der Waals surface area contributed by atoms with Crippen LogP contribution in [0.5, 0.6) is 5.75 Å². The van der Waals surface area contributed by atoms with Crippen LogP contribution in [0, 0.1) is 5.92 Å². The van der Waals surface area contributed by atoms with Gasteiger partial charge in [-0.15, -0.1) is 0 Å². The normalized spacial score (nSPS) is 20.9. The van der Waals surface area contributed by atoms with Gasteiger partial charge < -0.3 is 20.1 Å². The van der Waals surface area contributed by atoms with Crippen molar-refractivity contribution >= 4 is 5.96 Å². The van der Waals surface area contributed by atoms with Crippen LogP contribution < -0.4 is 15.4 Å². The summed E-state index contributed by atoms with van der Waals surface area (Å²) < 4.78 is 11.5. The van der Waals surface area contributed by atoms with Crippen LogP contribution in [-0.4, -0.2) is 62.9 Å². The molecule has 6 nitrogen and oxygen atoms in total. The third-order valence-corrected chi connectivity index (χ3v) is 6.33. The maximum absolute atomic E-state index is 5.80. The Kier molecular flexibility index (Phi) is 8.40. The molecule has 3 rings (SSSR count). The number of likely N-dealkylation sites (tertiary alicyclic amines) is 1. The lowest BCUT2D eigenvalue weighted by Crippen LogP contribution is -2.58. The molecule has 6 heteroatoms. The molecule has 2 aliphatic heterocycles. The van der Waals surface area contributed by atoms with Gasteiger partial charge in [0.1, 0.15) is 5.75 Å². The van der Waals surface area contributed by atoms with Gasteiger partial charge in [0.05, 0.1) is 12.6 Å². The number of guanidine groups is 1. The fraction of sp³-hybridized carbons (Fsp3) is 0.708. The van der Waals surface area contributed by atoms with Gasteiger partial charge in [-0.2, -0.15) is 0 Å². The molecule has 0 bridgehead atoms. The highest BCUT2D eigenvalue weighted by molar-refractivity contribution is 5.80. The van der Waals surface area contributed by atoms with Crippen molar-refractivity contribution in [2.45, 2.75) is 58.0 Å². The Morgan fingerprint density at radius 3 is 2.40 bits per heavy atom. The number of hydrogen-bond donors (Lipinski definition) is 2. The van der Waals surface area contributed by atoms with Crippen molar-refractivity contribution < 1.29 is 9.47 Å². The zero-order chi connectivity index (χ0) is 21.4. The summed E-state index contributed by atoms with van der Waals surface area (Å²) in [5.41, 5.74) is 1.40. The third-order valence-electron chi connectivity index (χ3n) is 6.33. The van der Waals surface area contributed by atoms with Crippen LogP contribution in [0.25, 0.3) is 0 Å². The minimum atomic E-state index is 0.160. The fourth-order valence-corrected chi connectivity index (χ4v) is 4.39. The summed E-state index contributed by atoms with van der Waals surface area (Å²) >= 11 is 0. The van der Waals surface area contributed by atoms with Gasteiger partial charge in [-0.1, -0.05) is 26.0 Å². The number of rotatable bonds is 8. The first-order chi connectivity index (χ1) is 14.5. The number of nitrogens with one attached hydrogen (secondary N) is 2. The van der Waals surface area contributed by atoms with Crippen LogP contribution >= 0.6 is 0 Å². The van der Waals surface area contributed by atoms with E-state index in [9.17, 15) is 0 Å². The summed E-state index contributed by atoms with van der Waals surface area (Å²) in [6, 6.07) is 8.52. The van der Waals surface area contributed by atoms with E-state index in [4.69, 9.17) is 9.47 Å². The molecule has 30 heavy (non-hydrogen) atoms. The minimum absolute atomic E-state index is 0.160. The van der Waals surface area contributed by atoms with E-state index in [1.165, 1.54) is 31.5 Å². The second-order valence-electron chi connectivity index (χ2n) is 9.10. The fourth-order valence-electron chi connectivity index (χ4n) is 4.39. The molecule has 0 saturated carbocycles. The van der Waals surface area contributed by atoms with Gasteiger partial charge in [0.2, 0.25) is 0 Å². The molecule has 0 spiro atoms. The van der Waals surface area contributed by atoms with Crippen molar-refractivity contribution in [1.29, 1.82) is 0 Å². The average molecular weight is 417 g/mol. The first-order valence-corrected chi connectivity index (χ1v) is 11.6. The maximum atomic E-state index is 5.80. The van der Waals surface area contributed by atoms with Crippen LogP contribution in [0.2, 0.25) is 0 Å². The SMILES string of the molecule is CN=C(NCC1(N2CCCC2)CCOCC1)NC(C)c1ccc(OCC(C)C)cc1. The molecule has 0 radical (unpaired) electrons. The van der Waals surface area contributed by atoms with Crippen molar-refractivity contribution in [2.75, 3.05) is 46.5 Å². The summed E-state index contributed by atoms with van der Waals surface area (Å²) in [6.45, 7) is 12.3. The zero-order valence-corrected chi connectivity index (χ0v) is 19.2. The Morgan fingerprint density at radius 1 is 1.13 bits per heavy atom. The van der Waals surface area contributed by atoms with Crippen molar-refractivity contribution in [3.05, 3.63) is 29.8 Å². The van der Waals surface area contributed by atoms with Gasteiger partial charge in [0.15, 0.2) is 5.96 Å². The Bertz CT molecular complexity index is 662. The van der Waals surface area contributed by atoms with E-state index in [1.54, 1.807) is 0 Å². The Hall–Kier alpha value is -1.79. The molecule has 1 aromatic rings. The largest absolute Gasteiger partial charge is 0.493 e. The molecular weight excluding hydrogens is 376 g/mol. The monoisotopic (exact) mass is 416 g/mol. The minimum Gasteiger partial charge on any atom is -0.493 e. The van der Waals surface area contributed by atoms with E-state index in [0.29, 0.717) is 5.92 Å². The molecule has 0 amide bonds. The van der Waals surface area contributed by atoms with Crippen molar-refractivity contribution in [3.8, 4) is 5.75 Å². The van der Waals surface area contributed by atoms with Gasteiger partial charge >= 0.3 is 0 Å². The smallest absolute Gasteiger partial charge is 0.191 e. The highest BCUT2D eigenvalue weighted by atomic mass is 16.5. The topological polar surface area (TPSA) is 58.1 Å². The van der Waals surface area contributed by atoms with E-state index in [0.717, 1.165) is 50.9 Å². The maximum Gasteiger partial charge on any atom is 0.191 e. The lowest BCUT2D eigenvalue weighted by Gasteiger charge is -2.45. The summed E-state index contributed by atoms with van der Waals surface area (Å²) in [7, 11) is 1.84. The molecule has 0 aliphatic carbocycles. The summed E-state index contributed by atoms with van der Waals surface area (Å²) in [5, 5.41) is 7.17. The molecule has 1 aromatic carbocycles. The van der Waals surface area contributed by atoms with Crippen LogP contribution in [0.3, 0.4) is 0 Å². The van der Waals surface area contributed by atoms with Crippen molar-refractivity contribution in [1.82, 2.24) is 15.5 Å². The summed E-state index contributed by atoms with van der Waals surface area (Å²) in [4.78, 5) is 7.16. The van der Waals surface area contributed by atoms with Gasteiger partial charge in [0.25, 0.3) is 0 Å². The van der Waals surface area contributed by atoms with E-state index in [2.05, 4.69) is 65.6 Å². The highest BCUT2D eigenvalue weighted by Gasteiger charge is 2.39. The van der Waals surface area contributed by atoms with E-state index in [1.807, 2.05) is 7.05 Å². The molecular formula is C24H40N4O2. The molecule has 168 valence electrons. The van der Waals surface area contributed by atoms with Crippen molar-refractivity contribution in [3.63, 3.8) is 0 Å². The average Bonchev–Trinajstić information content (AvgIpc) is 3.32. The van der Waals surface area contributed by atoms with Crippen molar-refractivity contribution in [2.24, 2.45) is 10.9 Å². The lowest BCUT2D eigenvalue weighted by molar-refractivity contribution is -0.0164. The number of aliphatic imine (C=N–C) groups is 1. The van der Waals surface area contributed by atoms with Crippen LogP contribution in [0.15, 0.2) is 29.3 Å². The van der Waals surface area contributed by atoms with Gasteiger partial charge in [-0.05, 0) is 69.3 Å². The van der Waals surface area contributed by atoms with Crippen LogP contribution in [0.1, 0.15) is 58.1 Å². The van der Waals surface area contributed by atoms with E-state index >= 15 is 0 Å². The molecule has 2 N–H and O–H groups in total. The molecule has 2 heterocycles. The molecule has 2 aliphatic rings. The first-order valence-electron chi connectivity index (χ1n) is 11.6. The second-order valence-corrected chi connectivity index (χ2v) is 9.10. The Morgan fingerprint density at radius 2 is 1.80 bits per heavy atom. The molecule has 1 unspecified atom stereocenters. The standard InChI is InChI=1S/C24H40N4O2/c1-19(2)17-30-22-9-7-21(8-10-22)20(3)27-23(25-4)26-18-24(11-15-29-16-12-24)28-13-5-6-14-28/h7-10,19-20H,5-6,11-18H2,1-4H3,(H2,25,26,27). The van der Waals surface area contributed by atoms with Crippen LogP contribution in [0.4, 0.5) is 0 Å². The van der Waals surface area contributed by atoms with E-state index in [-0.39, 0.29) is 11.6 Å². The number of hydrogen-bond acceptors (Lipinski definition) is 4. The predicted octanol–water partition coefficient (Wildman–Crippen LogP) is 3.59. The molecule has 2 saturated heterocycles. The van der Waals surface area contributed by atoms with E-state index < -0.39 is 0 Å². The summed E-state index contributed by atoms with van der Waals surface area (Å²) in [5.74, 6) is 2.31. The number of ether oxygens (including phenoxy) is 2. The highest BCUT2D eigenvalue weighted by Crippen LogP contribution is 2.30. The Balaban J connectivity index is 1.55. The molecule has 0 aromatic heterocycles. The number of nitrogens with zero attached hydrogens (tertiary/aromatic N) is 2. The molecule has 1 atom stereocenters. The third kappa shape index (κ3) is 6.11. The van der Waals surface area contributed by atoms with Crippen LogP contribution in [-0.2, 0) is 4.74 Å². The number of benzene rings is 1. The van der Waals surface area contributed by atoms with Gasteiger partial charge in [-0.3, -0.25) is 9.89 Å². The lowest BCUT2D eigenvalue weighted by atomic mass is 9.88. The van der Waals surface area contributed by atoms with Gasteiger partial charge in [0, 0.05) is 32.3 Å².